The number of nitrogens with one attached hydrogen (secondary N) is 1. The molecule has 0 unspecified atom stereocenters. The summed E-state index contributed by atoms with van der Waals surface area (Å²) < 4.78 is 5.21. The van der Waals surface area contributed by atoms with Crippen molar-refractivity contribution in [1.29, 1.82) is 0 Å². The Kier molecular flexibility index (Phi) is 5.20. The van der Waals surface area contributed by atoms with Crippen LogP contribution in [0.3, 0.4) is 0 Å². The fourth-order valence-corrected chi connectivity index (χ4v) is 2.55. The van der Waals surface area contributed by atoms with Crippen LogP contribution >= 0.6 is 0 Å². The Labute approximate surface area is 124 Å². The predicted molar refractivity (Wildman–Crippen MR) is 80.0 cm³/mol. The van der Waals surface area contributed by atoms with Gasteiger partial charge in [-0.05, 0) is 49.8 Å². The fourth-order valence-electron chi connectivity index (χ4n) is 2.55. The zero-order valence-corrected chi connectivity index (χ0v) is 12.3. The molecule has 0 spiro atoms. The lowest BCUT2D eigenvalue weighted by Gasteiger charge is -2.26. The quantitative estimate of drug-likeness (QED) is 0.868. The van der Waals surface area contributed by atoms with Gasteiger partial charge in [-0.1, -0.05) is 13.0 Å². The first-order valence-corrected chi connectivity index (χ1v) is 7.36. The van der Waals surface area contributed by atoms with E-state index < -0.39 is 5.91 Å². The highest BCUT2D eigenvalue weighted by Gasteiger charge is 2.20. The molecule has 5 nitrogen and oxygen atoms in total. The van der Waals surface area contributed by atoms with E-state index in [2.05, 4.69) is 12.2 Å². The molecule has 0 radical (unpaired) electrons. The average Bonchev–Trinajstić information content (AvgIpc) is 2.48. The molecule has 0 saturated heterocycles. The number of nitrogens with two attached hydrogens (primary N) is 1. The molecule has 1 aliphatic rings. The topological polar surface area (TPSA) is 81.4 Å². The van der Waals surface area contributed by atoms with Crippen LogP contribution in [0.15, 0.2) is 24.3 Å². The van der Waals surface area contributed by atoms with Crippen molar-refractivity contribution in [1.82, 2.24) is 5.32 Å². The monoisotopic (exact) mass is 290 g/mol. The number of primary amides is 1. The Morgan fingerprint density at radius 2 is 2.00 bits per heavy atom. The third kappa shape index (κ3) is 4.77. The number of hydrogen-bond acceptors (Lipinski definition) is 3. The summed E-state index contributed by atoms with van der Waals surface area (Å²) in [6, 6.07) is 7.04. The normalized spacial score (nSPS) is 21.6. The van der Waals surface area contributed by atoms with Crippen LogP contribution in [0.2, 0.25) is 0 Å². The van der Waals surface area contributed by atoms with Crippen LogP contribution in [0, 0.1) is 5.92 Å². The van der Waals surface area contributed by atoms with Gasteiger partial charge in [-0.15, -0.1) is 0 Å². The molecular weight excluding hydrogens is 268 g/mol. The number of rotatable bonds is 5. The molecule has 0 heterocycles. The molecule has 5 heteroatoms. The molecule has 21 heavy (non-hydrogen) atoms. The number of amides is 2. The molecular formula is C16H22N2O3. The largest absolute Gasteiger partial charge is 0.484 e. The van der Waals surface area contributed by atoms with Crippen molar-refractivity contribution in [3.63, 3.8) is 0 Å². The molecule has 1 aromatic carbocycles. The fraction of sp³-hybridized carbons (Fsp3) is 0.500. The van der Waals surface area contributed by atoms with E-state index in [1.54, 1.807) is 24.3 Å². The maximum atomic E-state index is 12.2. The summed E-state index contributed by atoms with van der Waals surface area (Å²) in [7, 11) is 0. The van der Waals surface area contributed by atoms with Gasteiger partial charge in [-0.3, -0.25) is 9.59 Å². The van der Waals surface area contributed by atoms with Crippen molar-refractivity contribution >= 4 is 11.8 Å². The molecule has 0 aliphatic heterocycles. The minimum atomic E-state index is -0.541. The van der Waals surface area contributed by atoms with E-state index in [0.717, 1.165) is 31.6 Å². The van der Waals surface area contributed by atoms with Crippen LogP contribution in [-0.2, 0) is 4.79 Å². The number of carbonyl (C=O) groups is 2. The van der Waals surface area contributed by atoms with Gasteiger partial charge in [0.1, 0.15) is 5.75 Å². The minimum absolute atomic E-state index is 0.0981. The maximum Gasteiger partial charge on any atom is 0.255 e. The highest BCUT2D eigenvalue weighted by molar-refractivity contribution is 5.94. The summed E-state index contributed by atoms with van der Waals surface area (Å²) in [4.78, 5) is 22.9. The SMILES string of the molecule is CC1CCC(NC(=O)c2cccc(OCC(N)=O)c2)CC1. The predicted octanol–water partition coefficient (Wildman–Crippen LogP) is 1.86. The lowest BCUT2D eigenvalue weighted by atomic mass is 9.87. The highest BCUT2D eigenvalue weighted by Crippen LogP contribution is 2.23. The number of hydrogen-bond donors (Lipinski definition) is 2. The second-order valence-corrected chi connectivity index (χ2v) is 5.71. The zero-order chi connectivity index (χ0) is 15.2. The zero-order valence-electron chi connectivity index (χ0n) is 12.3. The van der Waals surface area contributed by atoms with Gasteiger partial charge in [0, 0.05) is 11.6 Å². The van der Waals surface area contributed by atoms with E-state index in [4.69, 9.17) is 10.5 Å². The lowest BCUT2D eigenvalue weighted by Crippen LogP contribution is -2.37. The van der Waals surface area contributed by atoms with Crippen molar-refractivity contribution in [3.05, 3.63) is 29.8 Å². The Morgan fingerprint density at radius 3 is 2.67 bits per heavy atom. The maximum absolute atomic E-state index is 12.2. The first-order valence-electron chi connectivity index (χ1n) is 7.36. The van der Waals surface area contributed by atoms with E-state index in [0.29, 0.717) is 11.3 Å². The molecule has 2 rings (SSSR count). The standard InChI is InChI=1S/C16H22N2O3/c1-11-5-7-13(8-6-11)18-16(20)12-3-2-4-14(9-12)21-10-15(17)19/h2-4,9,11,13H,5-8,10H2,1H3,(H2,17,19)(H,18,20). The molecule has 3 N–H and O–H groups in total. The van der Waals surface area contributed by atoms with Gasteiger partial charge in [0.25, 0.3) is 11.8 Å². The molecule has 1 fully saturated rings. The van der Waals surface area contributed by atoms with Crippen LogP contribution in [0.1, 0.15) is 43.0 Å². The van der Waals surface area contributed by atoms with E-state index in [9.17, 15) is 9.59 Å². The van der Waals surface area contributed by atoms with E-state index in [1.165, 1.54) is 0 Å². The van der Waals surface area contributed by atoms with Gasteiger partial charge in [0.15, 0.2) is 6.61 Å². The molecule has 0 aromatic heterocycles. The molecule has 1 aromatic rings. The molecule has 0 atom stereocenters. The van der Waals surface area contributed by atoms with E-state index >= 15 is 0 Å². The van der Waals surface area contributed by atoms with Crippen LogP contribution < -0.4 is 15.8 Å². The smallest absolute Gasteiger partial charge is 0.255 e. The third-order valence-corrected chi connectivity index (χ3v) is 3.83. The van der Waals surface area contributed by atoms with Crippen LogP contribution in [0.5, 0.6) is 5.75 Å². The first kappa shape index (κ1) is 15.4. The summed E-state index contributed by atoms with van der Waals surface area (Å²) in [5.41, 5.74) is 5.57. The summed E-state index contributed by atoms with van der Waals surface area (Å²) >= 11 is 0. The van der Waals surface area contributed by atoms with Crippen molar-refractivity contribution in [2.45, 2.75) is 38.6 Å². The van der Waals surface area contributed by atoms with Gasteiger partial charge >= 0.3 is 0 Å². The Balaban J connectivity index is 1.92. The lowest BCUT2D eigenvalue weighted by molar-refractivity contribution is -0.119. The number of carbonyl (C=O) groups excluding carboxylic acids is 2. The third-order valence-electron chi connectivity index (χ3n) is 3.83. The van der Waals surface area contributed by atoms with Crippen LogP contribution in [0.25, 0.3) is 0 Å². The minimum Gasteiger partial charge on any atom is -0.484 e. The van der Waals surface area contributed by atoms with E-state index in [-0.39, 0.29) is 18.6 Å². The Hall–Kier alpha value is -2.04. The van der Waals surface area contributed by atoms with Gasteiger partial charge in [0.05, 0.1) is 0 Å². The first-order chi connectivity index (χ1) is 10.0. The van der Waals surface area contributed by atoms with Crippen molar-refractivity contribution in [2.24, 2.45) is 11.7 Å². The second kappa shape index (κ2) is 7.11. The van der Waals surface area contributed by atoms with Gasteiger partial charge in [-0.25, -0.2) is 0 Å². The number of ether oxygens (including phenoxy) is 1. The number of benzene rings is 1. The van der Waals surface area contributed by atoms with Crippen molar-refractivity contribution in [3.8, 4) is 5.75 Å². The van der Waals surface area contributed by atoms with Gasteiger partial charge in [0.2, 0.25) is 0 Å². The summed E-state index contributed by atoms with van der Waals surface area (Å²) in [6.07, 6.45) is 4.38. The Bertz CT molecular complexity index is 508. The molecule has 0 bridgehead atoms. The molecule has 2 amide bonds. The second-order valence-electron chi connectivity index (χ2n) is 5.71. The summed E-state index contributed by atoms with van der Waals surface area (Å²) in [5, 5.41) is 3.06. The van der Waals surface area contributed by atoms with Crippen molar-refractivity contribution < 1.29 is 14.3 Å². The van der Waals surface area contributed by atoms with Gasteiger partial charge in [-0.2, -0.15) is 0 Å². The summed E-state index contributed by atoms with van der Waals surface area (Å²) in [5.74, 6) is 0.586. The highest BCUT2D eigenvalue weighted by atomic mass is 16.5. The summed E-state index contributed by atoms with van der Waals surface area (Å²) in [6.45, 7) is 2.06. The molecule has 114 valence electrons. The average molecular weight is 290 g/mol. The van der Waals surface area contributed by atoms with Crippen LogP contribution in [-0.4, -0.2) is 24.5 Å². The van der Waals surface area contributed by atoms with Crippen molar-refractivity contribution in [2.75, 3.05) is 6.61 Å². The molecule has 1 aliphatic carbocycles. The molecule has 1 saturated carbocycles. The van der Waals surface area contributed by atoms with E-state index in [1.807, 2.05) is 0 Å². The Morgan fingerprint density at radius 1 is 1.29 bits per heavy atom. The van der Waals surface area contributed by atoms with Gasteiger partial charge < -0.3 is 15.8 Å². The van der Waals surface area contributed by atoms with Crippen LogP contribution in [0.4, 0.5) is 0 Å².